The molecule has 13 heteroatoms. The molecule has 1 amide bonds. The molecule has 1 saturated heterocycles. The Morgan fingerprint density at radius 2 is 2.15 bits per heavy atom. The van der Waals surface area contributed by atoms with Crippen LogP contribution in [0.25, 0.3) is 10.9 Å². The number of ether oxygens (including phenoxy) is 1. The zero-order valence-corrected chi connectivity index (χ0v) is 19.6. The number of fused-ring (bicyclic) bond motifs is 1. The van der Waals surface area contributed by atoms with Crippen LogP contribution in [0.1, 0.15) is 40.0 Å². The minimum absolute atomic E-state index is 0.0411. The van der Waals surface area contributed by atoms with Crippen molar-refractivity contribution >= 4 is 51.6 Å². The summed E-state index contributed by atoms with van der Waals surface area (Å²) in [4.78, 5) is 32.6. The molecule has 0 aromatic carbocycles. The molecule has 3 heterocycles. The highest BCUT2D eigenvalue weighted by atomic mass is 35.5. The highest BCUT2D eigenvalue weighted by Crippen LogP contribution is 2.40. The third-order valence-corrected chi connectivity index (χ3v) is 5.59. The topological polar surface area (TPSA) is 134 Å². The Hall–Kier alpha value is -2.97. The number of likely N-dealkylation sites (tertiary alicyclic amines) is 1. The van der Waals surface area contributed by atoms with Crippen molar-refractivity contribution in [3.05, 3.63) is 32.4 Å². The number of halogens is 3. The van der Waals surface area contributed by atoms with Crippen LogP contribution in [0.2, 0.25) is 10.3 Å². The van der Waals surface area contributed by atoms with Gasteiger partial charge < -0.3 is 15.0 Å². The van der Waals surface area contributed by atoms with Crippen molar-refractivity contribution in [1.29, 1.82) is 5.26 Å². The minimum atomic E-state index is -0.948. The van der Waals surface area contributed by atoms with Gasteiger partial charge in [0, 0.05) is 24.8 Å². The lowest BCUT2D eigenvalue weighted by molar-refractivity contribution is -0.384. The van der Waals surface area contributed by atoms with Crippen LogP contribution in [0, 0.1) is 27.3 Å². The number of carbonyl (C=O) groups is 1. The van der Waals surface area contributed by atoms with Crippen LogP contribution in [0.4, 0.5) is 20.6 Å². The Balaban J connectivity index is 1.95. The number of pyridine rings is 2. The van der Waals surface area contributed by atoms with Crippen molar-refractivity contribution in [2.75, 3.05) is 11.9 Å². The number of anilines is 1. The SMILES string of the molecule is CC(C)(C)OC(=O)N1CC[C@H](Nc2c([N+](=O)[O-])c(Cl)nc3c(F)c(Cl)ncc23)C[C@H]1CC#N. The smallest absolute Gasteiger partial charge is 0.410 e. The van der Waals surface area contributed by atoms with E-state index in [9.17, 15) is 24.6 Å². The largest absolute Gasteiger partial charge is 0.444 e. The molecule has 0 aliphatic carbocycles. The first kappa shape index (κ1) is 24.7. The summed E-state index contributed by atoms with van der Waals surface area (Å²) in [5, 5.41) is 23.1. The molecule has 1 aliphatic heterocycles. The van der Waals surface area contributed by atoms with Gasteiger partial charge in [-0.3, -0.25) is 10.1 Å². The molecule has 0 bridgehead atoms. The van der Waals surface area contributed by atoms with E-state index in [4.69, 9.17) is 27.9 Å². The van der Waals surface area contributed by atoms with Crippen molar-refractivity contribution in [3.63, 3.8) is 0 Å². The predicted octanol–water partition coefficient (Wildman–Crippen LogP) is 5.08. The van der Waals surface area contributed by atoms with Crippen LogP contribution < -0.4 is 5.32 Å². The maximum atomic E-state index is 14.5. The average Bonchev–Trinajstić information content (AvgIpc) is 2.70. The van der Waals surface area contributed by atoms with E-state index < -0.39 is 44.5 Å². The van der Waals surface area contributed by atoms with Gasteiger partial charge in [0.2, 0.25) is 5.15 Å². The molecule has 2 atom stereocenters. The number of carbonyl (C=O) groups excluding carboxylic acids is 1. The van der Waals surface area contributed by atoms with E-state index in [2.05, 4.69) is 21.4 Å². The highest BCUT2D eigenvalue weighted by Gasteiger charge is 2.36. The lowest BCUT2D eigenvalue weighted by Crippen LogP contribution is -2.50. The van der Waals surface area contributed by atoms with Crippen LogP contribution in [0.5, 0.6) is 0 Å². The van der Waals surface area contributed by atoms with Crippen LogP contribution in [-0.4, -0.2) is 50.1 Å². The summed E-state index contributed by atoms with van der Waals surface area (Å²) < 4.78 is 19.9. The Bertz CT molecular complexity index is 1150. The Kier molecular flexibility index (Phi) is 7.09. The van der Waals surface area contributed by atoms with E-state index in [1.807, 2.05) is 0 Å². The first-order chi connectivity index (χ1) is 15.4. The second-order valence-electron chi connectivity index (χ2n) is 8.56. The number of hydrogen-bond acceptors (Lipinski definition) is 8. The average molecular weight is 499 g/mol. The molecule has 1 N–H and O–H groups in total. The number of rotatable bonds is 4. The molecule has 2 aromatic heterocycles. The Morgan fingerprint density at radius 3 is 2.76 bits per heavy atom. The van der Waals surface area contributed by atoms with Gasteiger partial charge in [0.25, 0.3) is 0 Å². The molecule has 0 radical (unpaired) electrons. The maximum Gasteiger partial charge on any atom is 0.410 e. The van der Waals surface area contributed by atoms with Gasteiger partial charge in [0.15, 0.2) is 11.0 Å². The van der Waals surface area contributed by atoms with Gasteiger partial charge in [0.05, 0.1) is 22.8 Å². The Labute approximate surface area is 198 Å². The fourth-order valence-corrected chi connectivity index (χ4v) is 4.07. The van der Waals surface area contributed by atoms with Gasteiger partial charge in [-0.05, 0) is 33.6 Å². The van der Waals surface area contributed by atoms with Gasteiger partial charge in [-0.2, -0.15) is 5.26 Å². The molecule has 2 aromatic rings. The minimum Gasteiger partial charge on any atom is -0.444 e. The quantitative estimate of drug-likeness (QED) is 0.350. The number of nitro groups is 1. The molecule has 3 rings (SSSR count). The summed E-state index contributed by atoms with van der Waals surface area (Å²) in [6.45, 7) is 5.49. The number of aromatic nitrogens is 2. The van der Waals surface area contributed by atoms with E-state index in [0.29, 0.717) is 12.8 Å². The summed E-state index contributed by atoms with van der Waals surface area (Å²) >= 11 is 11.7. The third kappa shape index (κ3) is 5.34. The molecular weight excluding hydrogens is 478 g/mol. The molecule has 0 unspecified atom stereocenters. The molecule has 1 fully saturated rings. The highest BCUT2D eigenvalue weighted by molar-refractivity contribution is 6.33. The zero-order chi connectivity index (χ0) is 24.5. The number of nitriles is 1. The monoisotopic (exact) mass is 498 g/mol. The fraction of sp³-hybridized carbons (Fsp3) is 0.500. The van der Waals surface area contributed by atoms with Crippen molar-refractivity contribution in [3.8, 4) is 6.07 Å². The van der Waals surface area contributed by atoms with Crippen molar-refractivity contribution in [2.24, 2.45) is 0 Å². The number of amides is 1. The van der Waals surface area contributed by atoms with E-state index in [0.717, 1.165) is 0 Å². The van der Waals surface area contributed by atoms with E-state index in [1.54, 1.807) is 20.8 Å². The summed E-state index contributed by atoms with van der Waals surface area (Å²) in [7, 11) is 0. The normalized spacial score (nSPS) is 18.6. The van der Waals surface area contributed by atoms with E-state index >= 15 is 0 Å². The number of nitrogens with zero attached hydrogens (tertiary/aromatic N) is 5. The van der Waals surface area contributed by atoms with Crippen molar-refractivity contribution in [2.45, 2.75) is 57.7 Å². The van der Waals surface area contributed by atoms with E-state index in [-0.39, 0.29) is 35.6 Å². The maximum absolute atomic E-state index is 14.5. The van der Waals surface area contributed by atoms with Gasteiger partial charge >= 0.3 is 11.8 Å². The summed E-state index contributed by atoms with van der Waals surface area (Å²) in [6.07, 6.45) is 1.38. The number of nitrogens with one attached hydrogen (secondary N) is 1. The molecule has 176 valence electrons. The molecule has 0 spiro atoms. The van der Waals surface area contributed by atoms with Gasteiger partial charge in [-0.25, -0.2) is 19.2 Å². The van der Waals surface area contributed by atoms with Crippen LogP contribution >= 0.6 is 23.2 Å². The number of piperidine rings is 1. The second kappa shape index (κ2) is 9.49. The number of hydrogen-bond donors (Lipinski definition) is 1. The molecule has 33 heavy (non-hydrogen) atoms. The zero-order valence-electron chi connectivity index (χ0n) is 18.1. The fourth-order valence-electron chi connectivity index (χ4n) is 3.69. The van der Waals surface area contributed by atoms with Gasteiger partial charge in [-0.1, -0.05) is 23.2 Å². The Morgan fingerprint density at radius 1 is 1.45 bits per heavy atom. The second-order valence-corrected chi connectivity index (χ2v) is 9.28. The van der Waals surface area contributed by atoms with Crippen LogP contribution in [-0.2, 0) is 4.74 Å². The third-order valence-electron chi connectivity index (χ3n) is 5.06. The van der Waals surface area contributed by atoms with Gasteiger partial charge in [0.1, 0.15) is 16.8 Å². The van der Waals surface area contributed by atoms with Crippen LogP contribution in [0.15, 0.2) is 6.20 Å². The lowest BCUT2D eigenvalue weighted by atomic mass is 9.95. The summed E-state index contributed by atoms with van der Waals surface area (Å²) in [6, 6.07) is 1.19. The summed E-state index contributed by atoms with van der Waals surface area (Å²) in [5.41, 5.74) is -1.54. The lowest BCUT2D eigenvalue weighted by Gasteiger charge is -2.39. The predicted molar refractivity (Wildman–Crippen MR) is 120 cm³/mol. The van der Waals surface area contributed by atoms with Crippen molar-refractivity contribution < 1.29 is 18.8 Å². The molecule has 1 aliphatic rings. The summed E-state index contributed by atoms with van der Waals surface area (Å²) in [5.74, 6) is -0.948. The van der Waals surface area contributed by atoms with E-state index in [1.165, 1.54) is 11.1 Å². The first-order valence-corrected chi connectivity index (χ1v) is 10.8. The van der Waals surface area contributed by atoms with Crippen LogP contribution in [0.3, 0.4) is 0 Å². The molecular formula is C20H21Cl2FN6O4. The standard InChI is InChI=1S/C20H21Cl2FN6O4/c1-20(2,3)33-19(30)28-7-5-10(8-11(28)4-6-24)26-15-12-9-25-17(21)13(23)14(12)27-18(22)16(15)29(31)32/h9-11H,4-5,7-8H2,1-3H3,(H,26,27)/t10-,11+/m0/s1. The van der Waals surface area contributed by atoms with Crippen molar-refractivity contribution in [1.82, 2.24) is 14.9 Å². The first-order valence-electron chi connectivity index (χ1n) is 10.0. The molecule has 10 nitrogen and oxygen atoms in total. The molecule has 0 saturated carbocycles. The van der Waals surface area contributed by atoms with Gasteiger partial charge in [-0.15, -0.1) is 0 Å².